The number of hydrogen-bond donors (Lipinski definition) is 1. The van der Waals surface area contributed by atoms with Crippen LogP contribution in [0, 0.1) is 6.92 Å². The van der Waals surface area contributed by atoms with Crippen LogP contribution < -0.4 is 5.73 Å². The van der Waals surface area contributed by atoms with Gasteiger partial charge in [-0.1, -0.05) is 6.92 Å². The van der Waals surface area contributed by atoms with Crippen molar-refractivity contribution in [3.63, 3.8) is 0 Å². The molecular weight excluding hydrogens is 224 g/mol. The van der Waals surface area contributed by atoms with Crippen LogP contribution in [0.5, 0.6) is 0 Å². The van der Waals surface area contributed by atoms with Crippen molar-refractivity contribution >= 4 is 0 Å². The maximum absolute atomic E-state index is 6.31. The second-order valence-corrected chi connectivity index (χ2v) is 5.66. The summed E-state index contributed by atoms with van der Waals surface area (Å²) in [5.41, 5.74) is 8.77. The molecule has 0 aromatic carbocycles. The fourth-order valence-electron chi connectivity index (χ4n) is 3.00. The van der Waals surface area contributed by atoms with Crippen molar-refractivity contribution in [2.24, 2.45) is 5.73 Å². The zero-order valence-electron chi connectivity index (χ0n) is 12.1. The number of nitrogens with two attached hydrogens (primary N) is 1. The van der Waals surface area contributed by atoms with E-state index in [0.717, 1.165) is 31.6 Å². The minimum atomic E-state index is 0.241. The molecule has 0 aliphatic carbocycles. The van der Waals surface area contributed by atoms with Gasteiger partial charge in [0.25, 0.3) is 0 Å². The molecule has 1 aromatic heterocycles. The number of aromatic nitrogens is 2. The van der Waals surface area contributed by atoms with Gasteiger partial charge >= 0.3 is 0 Å². The molecule has 4 nitrogen and oxygen atoms in total. The van der Waals surface area contributed by atoms with Crippen molar-refractivity contribution in [3.8, 4) is 0 Å². The summed E-state index contributed by atoms with van der Waals surface area (Å²) >= 11 is 0. The standard InChI is InChI=1S/C14H26N4/c1-5-7-17-9-12(11(4)16-17)14-13(15)6-8-18(14)10(2)3/h9-10,13-14H,5-8,15H2,1-4H3. The van der Waals surface area contributed by atoms with Crippen molar-refractivity contribution in [1.29, 1.82) is 0 Å². The van der Waals surface area contributed by atoms with Crippen molar-refractivity contribution in [1.82, 2.24) is 14.7 Å². The molecule has 2 rings (SSSR count). The third-order valence-corrected chi connectivity index (χ3v) is 3.90. The van der Waals surface area contributed by atoms with E-state index in [1.165, 1.54) is 5.56 Å². The van der Waals surface area contributed by atoms with Gasteiger partial charge in [0.2, 0.25) is 0 Å². The van der Waals surface area contributed by atoms with Crippen LogP contribution in [0.3, 0.4) is 0 Å². The fourth-order valence-corrected chi connectivity index (χ4v) is 3.00. The van der Waals surface area contributed by atoms with Gasteiger partial charge in [-0.3, -0.25) is 9.58 Å². The van der Waals surface area contributed by atoms with E-state index in [0.29, 0.717) is 12.1 Å². The van der Waals surface area contributed by atoms with E-state index in [1.807, 2.05) is 0 Å². The molecule has 1 aliphatic heterocycles. The monoisotopic (exact) mass is 250 g/mol. The SMILES string of the molecule is CCCn1cc(C2C(N)CCN2C(C)C)c(C)n1. The second kappa shape index (κ2) is 5.41. The molecule has 0 saturated carbocycles. The van der Waals surface area contributed by atoms with Crippen LogP contribution in [0.2, 0.25) is 0 Å². The summed E-state index contributed by atoms with van der Waals surface area (Å²) in [7, 11) is 0. The van der Waals surface area contributed by atoms with E-state index >= 15 is 0 Å². The molecule has 1 aliphatic rings. The molecule has 2 heterocycles. The van der Waals surface area contributed by atoms with Gasteiger partial charge in [0.15, 0.2) is 0 Å². The fraction of sp³-hybridized carbons (Fsp3) is 0.786. The highest BCUT2D eigenvalue weighted by molar-refractivity contribution is 5.24. The van der Waals surface area contributed by atoms with Gasteiger partial charge in [0.05, 0.1) is 11.7 Å². The van der Waals surface area contributed by atoms with Crippen molar-refractivity contribution < 1.29 is 0 Å². The minimum Gasteiger partial charge on any atom is -0.326 e. The average Bonchev–Trinajstić information content (AvgIpc) is 2.82. The maximum atomic E-state index is 6.31. The molecule has 2 unspecified atom stereocenters. The largest absolute Gasteiger partial charge is 0.326 e. The Bertz CT molecular complexity index is 396. The summed E-state index contributed by atoms with van der Waals surface area (Å²) in [6, 6.07) is 1.12. The molecule has 1 aromatic rings. The van der Waals surface area contributed by atoms with Crippen LogP contribution in [-0.2, 0) is 6.54 Å². The van der Waals surface area contributed by atoms with Crippen LogP contribution in [-0.4, -0.2) is 33.3 Å². The van der Waals surface area contributed by atoms with Gasteiger partial charge in [-0.25, -0.2) is 0 Å². The van der Waals surface area contributed by atoms with Crippen LogP contribution >= 0.6 is 0 Å². The first-order valence-corrected chi connectivity index (χ1v) is 7.09. The normalized spacial score (nSPS) is 25.2. The maximum Gasteiger partial charge on any atom is 0.0642 e. The van der Waals surface area contributed by atoms with Gasteiger partial charge in [-0.2, -0.15) is 5.10 Å². The Hall–Kier alpha value is -0.870. The highest BCUT2D eigenvalue weighted by Gasteiger charge is 2.36. The highest BCUT2D eigenvalue weighted by atomic mass is 15.3. The molecule has 0 bridgehead atoms. The lowest BCUT2D eigenvalue weighted by Crippen LogP contribution is -2.36. The molecule has 0 radical (unpaired) electrons. The predicted octanol–water partition coefficient (Wildman–Crippen LogP) is 2.08. The summed E-state index contributed by atoms with van der Waals surface area (Å²) < 4.78 is 2.06. The third kappa shape index (κ3) is 2.45. The topological polar surface area (TPSA) is 47.1 Å². The van der Waals surface area contributed by atoms with Crippen LogP contribution in [0.15, 0.2) is 6.20 Å². The molecule has 0 amide bonds. The Morgan fingerprint density at radius 1 is 1.50 bits per heavy atom. The molecule has 1 fully saturated rings. The van der Waals surface area contributed by atoms with Crippen LogP contribution in [0.4, 0.5) is 0 Å². The Labute approximate surface area is 110 Å². The van der Waals surface area contributed by atoms with Crippen LogP contribution in [0.1, 0.15) is 50.9 Å². The second-order valence-electron chi connectivity index (χ2n) is 5.66. The van der Waals surface area contributed by atoms with Crippen LogP contribution in [0.25, 0.3) is 0 Å². The molecular formula is C14H26N4. The molecule has 1 saturated heterocycles. The van der Waals surface area contributed by atoms with Gasteiger partial charge in [0, 0.05) is 36.9 Å². The lowest BCUT2D eigenvalue weighted by molar-refractivity contribution is 0.197. The highest BCUT2D eigenvalue weighted by Crippen LogP contribution is 2.34. The summed E-state index contributed by atoms with van der Waals surface area (Å²) in [4.78, 5) is 2.50. The lowest BCUT2D eigenvalue weighted by atomic mass is 10.0. The molecule has 18 heavy (non-hydrogen) atoms. The first-order chi connectivity index (χ1) is 8.54. The molecule has 102 valence electrons. The summed E-state index contributed by atoms with van der Waals surface area (Å²) in [5, 5.41) is 4.61. The van der Waals surface area contributed by atoms with E-state index in [2.05, 4.69) is 48.6 Å². The predicted molar refractivity (Wildman–Crippen MR) is 74.4 cm³/mol. The van der Waals surface area contributed by atoms with E-state index in [4.69, 9.17) is 5.73 Å². The smallest absolute Gasteiger partial charge is 0.0642 e. The first kappa shape index (κ1) is 13.6. The molecule has 2 atom stereocenters. The Morgan fingerprint density at radius 2 is 2.22 bits per heavy atom. The number of aryl methyl sites for hydroxylation is 2. The van der Waals surface area contributed by atoms with Crippen molar-refractivity contribution in [2.75, 3.05) is 6.54 Å². The van der Waals surface area contributed by atoms with Gasteiger partial charge in [-0.05, 0) is 33.6 Å². The quantitative estimate of drug-likeness (QED) is 0.890. The zero-order chi connectivity index (χ0) is 13.3. The number of rotatable bonds is 4. The van der Waals surface area contributed by atoms with E-state index < -0.39 is 0 Å². The molecule has 2 N–H and O–H groups in total. The Balaban J connectivity index is 2.28. The summed E-state index contributed by atoms with van der Waals surface area (Å²) in [6.45, 7) is 10.9. The molecule has 0 spiro atoms. The number of hydrogen-bond acceptors (Lipinski definition) is 3. The Morgan fingerprint density at radius 3 is 2.83 bits per heavy atom. The van der Waals surface area contributed by atoms with Gasteiger partial charge in [-0.15, -0.1) is 0 Å². The zero-order valence-corrected chi connectivity index (χ0v) is 12.1. The van der Waals surface area contributed by atoms with Gasteiger partial charge < -0.3 is 5.73 Å². The average molecular weight is 250 g/mol. The van der Waals surface area contributed by atoms with E-state index in [9.17, 15) is 0 Å². The van der Waals surface area contributed by atoms with Crippen molar-refractivity contribution in [2.45, 2.75) is 65.2 Å². The first-order valence-electron chi connectivity index (χ1n) is 7.09. The summed E-state index contributed by atoms with van der Waals surface area (Å²) in [5.74, 6) is 0. The Kier molecular flexibility index (Phi) is 4.07. The third-order valence-electron chi connectivity index (χ3n) is 3.90. The van der Waals surface area contributed by atoms with Crippen molar-refractivity contribution in [3.05, 3.63) is 17.5 Å². The number of likely N-dealkylation sites (tertiary alicyclic amines) is 1. The van der Waals surface area contributed by atoms with E-state index in [-0.39, 0.29) is 6.04 Å². The number of nitrogens with zero attached hydrogens (tertiary/aromatic N) is 3. The molecule has 4 heteroatoms. The van der Waals surface area contributed by atoms with Gasteiger partial charge in [0.1, 0.15) is 0 Å². The minimum absolute atomic E-state index is 0.241. The van der Waals surface area contributed by atoms with E-state index in [1.54, 1.807) is 0 Å². The summed E-state index contributed by atoms with van der Waals surface area (Å²) in [6.07, 6.45) is 4.40. The lowest BCUT2D eigenvalue weighted by Gasteiger charge is -2.29.